The lowest BCUT2D eigenvalue weighted by atomic mass is 9.78. The highest BCUT2D eigenvalue weighted by atomic mass is 15.2. The van der Waals surface area contributed by atoms with E-state index in [1.54, 1.807) is 0 Å². The van der Waals surface area contributed by atoms with E-state index >= 15 is 0 Å². The van der Waals surface area contributed by atoms with Crippen molar-refractivity contribution < 1.29 is 0 Å². The average Bonchev–Trinajstić information content (AvgIpc) is 2.44. The Kier molecular flexibility index (Phi) is 3.32. The fourth-order valence-electron chi connectivity index (χ4n) is 2.89. The first-order valence-electron chi connectivity index (χ1n) is 7.10. The molecule has 4 heteroatoms. The molecule has 1 fully saturated rings. The first-order chi connectivity index (χ1) is 9.24. The summed E-state index contributed by atoms with van der Waals surface area (Å²) in [5.74, 6) is 2.08. The highest BCUT2D eigenvalue weighted by Gasteiger charge is 2.27. The third-order valence-corrected chi connectivity index (χ3v) is 4.38. The SMILES string of the molecule is CC1CCCC(Nc2nnc3ccccc3n2)C1C. The Balaban J connectivity index is 1.81. The minimum absolute atomic E-state index is 0.465. The topological polar surface area (TPSA) is 50.7 Å². The van der Waals surface area contributed by atoms with Gasteiger partial charge in [0.1, 0.15) is 5.52 Å². The lowest BCUT2D eigenvalue weighted by molar-refractivity contribution is 0.252. The van der Waals surface area contributed by atoms with Crippen molar-refractivity contribution in [1.82, 2.24) is 15.2 Å². The van der Waals surface area contributed by atoms with Crippen LogP contribution in [-0.4, -0.2) is 21.2 Å². The van der Waals surface area contributed by atoms with Gasteiger partial charge in [-0.25, -0.2) is 4.98 Å². The van der Waals surface area contributed by atoms with Gasteiger partial charge >= 0.3 is 0 Å². The second kappa shape index (κ2) is 5.11. The van der Waals surface area contributed by atoms with Crippen LogP contribution in [0.4, 0.5) is 5.95 Å². The van der Waals surface area contributed by atoms with Gasteiger partial charge in [0.25, 0.3) is 0 Å². The van der Waals surface area contributed by atoms with E-state index in [2.05, 4.69) is 34.3 Å². The molecule has 2 aromatic rings. The average molecular weight is 256 g/mol. The number of para-hydroxylation sites is 1. The minimum atomic E-state index is 0.465. The molecule has 19 heavy (non-hydrogen) atoms. The largest absolute Gasteiger partial charge is 0.350 e. The van der Waals surface area contributed by atoms with Gasteiger partial charge in [-0.3, -0.25) is 0 Å². The van der Waals surface area contributed by atoms with E-state index < -0.39 is 0 Å². The van der Waals surface area contributed by atoms with Crippen LogP contribution in [0.2, 0.25) is 0 Å². The maximum absolute atomic E-state index is 4.54. The molecule has 0 spiro atoms. The number of benzene rings is 1. The van der Waals surface area contributed by atoms with Crippen LogP contribution in [0.3, 0.4) is 0 Å². The van der Waals surface area contributed by atoms with Crippen LogP contribution in [-0.2, 0) is 0 Å². The molecule has 1 aromatic carbocycles. The second-order valence-electron chi connectivity index (χ2n) is 5.64. The summed E-state index contributed by atoms with van der Waals surface area (Å²) in [5, 5.41) is 11.9. The number of rotatable bonds is 2. The molecule has 3 unspecified atom stereocenters. The van der Waals surface area contributed by atoms with Gasteiger partial charge in [-0.2, -0.15) is 0 Å². The zero-order chi connectivity index (χ0) is 13.2. The number of nitrogens with one attached hydrogen (secondary N) is 1. The lowest BCUT2D eigenvalue weighted by Gasteiger charge is -2.34. The molecule has 1 saturated carbocycles. The normalized spacial score (nSPS) is 27.4. The third kappa shape index (κ3) is 2.53. The molecule has 1 aliphatic rings. The van der Waals surface area contributed by atoms with Crippen LogP contribution in [0.5, 0.6) is 0 Å². The van der Waals surface area contributed by atoms with E-state index in [1.165, 1.54) is 19.3 Å². The molecule has 100 valence electrons. The lowest BCUT2D eigenvalue weighted by Crippen LogP contribution is -2.35. The van der Waals surface area contributed by atoms with E-state index in [1.807, 2.05) is 24.3 Å². The van der Waals surface area contributed by atoms with Crippen LogP contribution < -0.4 is 5.32 Å². The van der Waals surface area contributed by atoms with Crippen molar-refractivity contribution >= 4 is 17.0 Å². The van der Waals surface area contributed by atoms with Gasteiger partial charge in [0.2, 0.25) is 5.95 Å². The summed E-state index contributed by atoms with van der Waals surface area (Å²) in [6, 6.07) is 8.31. The number of fused-ring (bicyclic) bond motifs is 1. The Morgan fingerprint density at radius 3 is 2.68 bits per heavy atom. The third-order valence-electron chi connectivity index (χ3n) is 4.38. The summed E-state index contributed by atoms with van der Waals surface area (Å²) in [4.78, 5) is 4.54. The first-order valence-corrected chi connectivity index (χ1v) is 7.10. The number of nitrogens with zero attached hydrogens (tertiary/aromatic N) is 3. The van der Waals surface area contributed by atoms with E-state index in [0.717, 1.165) is 17.0 Å². The molecule has 1 aliphatic carbocycles. The highest BCUT2D eigenvalue weighted by molar-refractivity contribution is 5.74. The van der Waals surface area contributed by atoms with Crippen molar-refractivity contribution in [3.63, 3.8) is 0 Å². The fourth-order valence-corrected chi connectivity index (χ4v) is 2.89. The molecule has 1 aromatic heterocycles. The molecule has 3 atom stereocenters. The molecule has 3 rings (SSSR count). The van der Waals surface area contributed by atoms with E-state index in [4.69, 9.17) is 0 Å². The van der Waals surface area contributed by atoms with E-state index in [9.17, 15) is 0 Å². The summed E-state index contributed by atoms with van der Waals surface area (Å²) < 4.78 is 0. The van der Waals surface area contributed by atoms with Gasteiger partial charge in [-0.05, 0) is 30.4 Å². The molecule has 0 aliphatic heterocycles. The van der Waals surface area contributed by atoms with Crippen molar-refractivity contribution in [2.45, 2.75) is 39.2 Å². The highest BCUT2D eigenvalue weighted by Crippen LogP contribution is 2.31. The second-order valence-corrected chi connectivity index (χ2v) is 5.64. The smallest absolute Gasteiger partial charge is 0.243 e. The van der Waals surface area contributed by atoms with Crippen molar-refractivity contribution in [2.75, 3.05) is 5.32 Å². The van der Waals surface area contributed by atoms with Gasteiger partial charge in [0.15, 0.2) is 0 Å². The van der Waals surface area contributed by atoms with Gasteiger partial charge in [-0.15, -0.1) is 10.2 Å². The maximum Gasteiger partial charge on any atom is 0.243 e. The molecule has 0 amide bonds. The van der Waals surface area contributed by atoms with Crippen molar-refractivity contribution in [3.05, 3.63) is 24.3 Å². The zero-order valence-electron chi connectivity index (χ0n) is 11.5. The Bertz CT molecular complexity index is 569. The molecule has 0 bridgehead atoms. The number of hydrogen-bond donors (Lipinski definition) is 1. The number of anilines is 1. The monoisotopic (exact) mass is 256 g/mol. The van der Waals surface area contributed by atoms with Crippen molar-refractivity contribution in [1.29, 1.82) is 0 Å². The summed E-state index contributed by atoms with van der Waals surface area (Å²) >= 11 is 0. The quantitative estimate of drug-likeness (QED) is 0.896. The Hall–Kier alpha value is -1.71. The molecular weight excluding hydrogens is 236 g/mol. The predicted molar refractivity (Wildman–Crippen MR) is 76.9 cm³/mol. The Morgan fingerprint density at radius 1 is 1.05 bits per heavy atom. The van der Waals surface area contributed by atoms with Crippen molar-refractivity contribution in [2.24, 2.45) is 11.8 Å². The van der Waals surface area contributed by atoms with Crippen LogP contribution in [0.15, 0.2) is 24.3 Å². The minimum Gasteiger partial charge on any atom is -0.350 e. The summed E-state index contributed by atoms with van der Waals surface area (Å²) in [6.45, 7) is 4.65. The van der Waals surface area contributed by atoms with Gasteiger partial charge < -0.3 is 5.32 Å². The Labute approximate surface area is 113 Å². The fraction of sp³-hybridized carbons (Fsp3) is 0.533. The summed E-state index contributed by atoms with van der Waals surface area (Å²) in [6.07, 6.45) is 3.81. The maximum atomic E-state index is 4.54. The molecule has 0 saturated heterocycles. The molecule has 1 heterocycles. The van der Waals surface area contributed by atoms with Gasteiger partial charge in [0.05, 0.1) is 5.52 Å². The van der Waals surface area contributed by atoms with Gasteiger partial charge in [0, 0.05) is 6.04 Å². The van der Waals surface area contributed by atoms with Crippen LogP contribution in [0.1, 0.15) is 33.1 Å². The van der Waals surface area contributed by atoms with Crippen LogP contribution >= 0.6 is 0 Å². The number of hydrogen-bond acceptors (Lipinski definition) is 4. The van der Waals surface area contributed by atoms with Crippen LogP contribution in [0, 0.1) is 11.8 Å². The zero-order valence-corrected chi connectivity index (χ0v) is 11.5. The van der Waals surface area contributed by atoms with Crippen LogP contribution in [0.25, 0.3) is 11.0 Å². The molecule has 0 radical (unpaired) electrons. The molecular formula is C15H20N4. The number of aromatic nitrogens is 3. The first kappa shape index (κ1) is 12.3. The standard InChI is InChI=1S/C15H20N4/c1-10-6-5-9-12(11(10)2)16-15-17-13-7-3-4-8-14(13)18-19-15/h3-4,7-8,10-12H,5-6,9H2,1-2H3,(H,16,17,19). The van der Waals surface area contributed by atoms with Gasteiger partial charge in [-0.1, -0.05) is 38.8 Å². The van der Waals surface area contributed by atoms with E-state index in [0.29, 0.717) is 17.9 Å². The summed E-state index contributed by atoms with van der Waals surface area (Å²) in [5.41, 5.74) is 1.75. The summed E-state index contributed by atoms with van der Waals surface area (Å²) in [7, 11) is 0. The molecule has 4 nitrogen and oxygen atoms in total. The molecule has 1 N–H and O–H groups in total. The predicted octanol–water partition coefficient (Wildman–Crippen LogP) is 3.26. The Morgan fingerprint density at radius 2 is 1.84 bits per heavy atom. The van der Waals surface area contributed by atoms with Crippen molar-refractivity contribution in [3.8, 4) is 0 Å². The van der Waals surface area contributed by atoms with E-state index in [-0.39, 0.29) is 0 Å².